The number of alkyl halides is 3. The summed E-state index contributed by atoms with van der Waals surface area (Å²) in [7, 11) is 3.60. The van der Waals surface area contributed by atoms with Crippen LogP contribution in [0.25, 0.3) is 0 Å². The van der Waals surface area contributed by atoms with Crippen molar-refractivity contribution < 1.29 is 27.5 Å². The van der Waals surface area contributed by atoms with Gasteiger partial charge in [0.2, 0.25) is 11.8 Å². The number of hydrogen-bond donors (Lipinski definition) is 2. The first-order valence-corrected chi connectivity index (χ1v) is 14.1. The molecule has 2 saturated carbocycles. The van der Waals surface area contributed by atoms with Gasteiger partial charge in [0.1, 0.15) is 0 Å². The van der Waals surface area contributed by atoms with E-state index >= 15 is 0 Å². The molecule has 0 spiro atoms. The van der Waals surface area contributed by atoms with Crippen LogP contribution in [0.1, 0.15) is 64.7 Å². The molecule has 6 nitrogen and oxygen atoms in total. The molecule has 210 valence electrons. The van der Waals surface area contributed by atoms with Gasteiger partial charge in [-0.25, -0.2) is 0 Å². The lowest BCUT2D eigenvalue weighted by Gasteiger charge is -2.50. The third kappa shape index (κ3) is 6.70. The summed E-state index contributed by atoms with van der Waals surface area (Å²) in [6, 6.07) is 0.369. The number of rotatable bonds is 6. The summed E-state index contributed by atoms with van der Waals surface area (Å²) in [5.74, 6) is -1.12. The lowest BCUT2D eigenvalue weighted by atomic mass is 9.65. The van der Waals surface area contributed by atoms with Crippen LogP contribution in [-0.4, -0.2) is 68.3 Å². The van der Waals surface area contributed by atoms with Crippen LogP contribution >= 0.6 is 0 Å². The summed E-state index contributed by atoms with van der Waals surface area (Å²) in [5.41, 5.74) is 0. The highest BCUT2D eigenvalue weighted by Gasteiger charge is 2.48. The fourth-order valence-corrected chi connectivity index (χ4v) is 7.46. The minimum absolute atomic E-state index is 0.0735. The fourth-order valence-electron chi connectivity index (χ4n) is 7.46. The van der Waals surface area contributed by atoms with Crippen molar-refractivity contribution in [3.05, 3.63) is 12.2 Å². The van der Waals surface area contributed by atoms with Crippen LogP contribution in [0.4, 0.5) is 13.2 Å². The predicted molar refractivity (Wildman–Crippen MR) is 136 cm³/mol. The molecule has 2 amide bonds. The van der Waals surface area contributed by atoms with Gasteiger partial charge in [0, 0.05) is 50.7 Å². The molecule has 2 saturated heterocycles. The maximum absolute atomic E-state index is 13.6. The molecule has 0 radical (unpaired) electrons. The number of hydrogen-bond acceptors (Lipinski definition) is 4. The first kappa shape index (κ1) is 28.4. The van der Waals surface area contributed by atoms with Gasteiger partial charge >= 0.3 is 6.18 Å². The van der Waals surface area contributed by atoms with Crippen LogP contribution in [-0.2, 0) is 14.3 Å². The van der Waals surface area contributed by atoms with Gasteiger partial charge in [-0.3, -0.25) is 9.59 Å². The lowest BCUT2D eigenvalue weighted by molar-refractivity contribution is -0.186. The highest BCUT2D eigenvalue weighted by atomic mass is 19.4. The highest BCUT2D eigenvalue weighted by Crippen LogP contribution is 2.44. The van der Waals surface area contributed by atoms with Gasteiger partial charge in [-0.1, -0.05) is 25.5 Å². The van der Waals surface area contributed by atoms with Gasteiger partial charge in [0.15, 0.2) is 0 Å². The molecule has 9 unspecified atom stereocenters. The van der Waals surface area contributed by atoms with Gasteiger partial charge < -0.3 is 20.3 Å². The number of halogens is 3. The van der Waals surface area contributed by atoms with Gasteiger partial charge in [0.25, 0.3) is 0 Å². The number of likely N-dealkylation sites (tertiary alicyclic amines) is 1. The summed E-state index contributed by atoms with van der Waals surface area (Å²) in [5, 5.41) is 6.72. The van der Waals surface area contributed by atoms with Crippen molar-refractivity contribution in [1.82, 2.24) is 15.5 Å². The summed E-state index contributed by atoms with van der Waals surface area (Å²) >= 11 is 0. The average molecular weight is 528 g/mol. The molecule has 0 bridgehead atoms. The lowest BCUT2D eigenvalue weighted by Crippen LogP contribution is -2.60. The fraction of sp³-hybridized carbons (Fsp3) is 0.857. The zero-order chi connectivity index (χ0) is 26.7. The number of nitrogens with zero attached hydrogens (tertiary/aromatic N) is 1. The van der Waals surface area contributed by atoms with E-state index in [0.717, 1.165) is 38.6 Å². The second-order valence-electron chi connectivity index (χ2n) is 12.0. The van der Waals surface area contributed by atoms with Crippen LogP contribution in [0.2, 0.25) is 0 Å². The SMILES string of the molecule is COC/C=C\C1CC2C(CN1)CC(C1CC(NC(=O)C3CCCC(C(F)(F)F)C3)CCC1C)C(=O)N2C. The molecule has 0 aromatic heterocycles. The van der Waals surface area contributed by atoms with Crippen LogP contribution in [0.15, 0.2) is 12.2 Å². The van der Waals surface area contributed by atoms with Crippen molar-refractivity contribution in [1.29, 1.82) is 0 Å². The Morgan fingerprint density at radius 3 is 2.68 bits per heavy atom. The van der Waals surface area contributed by atoms with E-state index in [1.165, 1.54) is 0 Å². The number of ether oxygens (including phenoxy) is 1. The van der Waals surface area contributed by atoms with E-state index in [9.17, 15) is 22.8 Å². The zero-order valence-corrected chi connectivity index (χ0v) is 22.4. The maximum Gasteiger partial charge on any atom is 0.391 e. The molecule has 2 aliphatic heterocycles. The number of carbonyl (C=O) groups is 2. The minimum atomic E-state index is -4.23. The first-order valence-electron chi connectivity index (χ1n) is 14.1. The standard InChI is InChI=1S/C28H44F3N3O3/c1-17-9-10-22(33-26(35)18-6-4-7-20(12-18)28(29,30)31)14-23(17)24-13-19-16-32-21(8-5-11-37-3)15-25(19)34(2)27(24)36/h5,8,17-25,32H,4,6-7,9-16H2,1-3H3,(H,33,35)/b8-5-. The van der Waals surface area contributed by atoms with E-state index in [1.54, 1.807) is 7.11 Å². The molecule has 2 heterocycles. The number of methoxy groups -OCH3 is 1. The van der Waals surface area contributed by atoms with Crippen molar-refractivity contribution in [2.24, 2.45) is 35.5 Å². The van der Waals surface area contributed by atoms with Crippen LogP contribution in [0.3, 0.4) is 0 Å². The summed E-state index contributed by atoms with van der Waals surface area (Å²) < 4.78 is 44.8. The molecule has 0 aromatic rings. The quantitative estimate of drug-likeness (QED) is 0.506. The smallest absolute Gasteiger partial charge is 0.381 e. The number of carbonyl (C=O) groups excluding carboxylic acids is 2. The normalized spacial score (nSPS) is 39.5. The Kier molecular flexibility index (Phi) is 9.25. The van der Waals surface area contributed by atoms with Crippen molar-refractivity contribution in [2.45, 2.75) is 89.0 Å². The molecule has 37 heavy (non-hydrogen) atoms. The van der Waals surface area contributed by atoms with E-state index in [4.69, 9.17) is 4.74 Å². The first-order chi connectivity index (χ1) is 17.6. The molecule has 2 aliphatic carbocycles. The summed E-state index contributed by atoms with van der Waals surface area (Å²) in [6.07, 6.45) is 5.08. The van der Waals surface area contributed by atoms with E-state index in [-0.39, 0.29) is 54.6 Å². The van der Waals surface area contributed by atoms with Gasteiger partial charge in [0.05, 0.1) is 12.5 Å². The monoisotopic (exact) mass is 527 g/mol. The summed E-state index contributed by atoms with van der Waals surface area (Å²) in [4.78, 5) is 28.5. The molecular formula is C28H44F3N3O3. The topological polar surface area (TPSA) is 70.7 Å². The zero-order valence-electron chi connectivity index (χ0n) is 22.4. The van der Waals surface area contributed by atoms with Crippen LogP contribution in [0, 0.1) is 35.5 Å². The number of amides is 2. The van der Waals surface area contributed by atoms with E-state index in [2.05, 4.69) is 23.6 Å². The molecule has 2 N–H and O–H groups in total. The Hall–Kier alpha value is -1.61. The van der Waals surface area contributed by atoms with Crippen molar-refractivity contribution in [3.8, 4) is 0 Å². The Balaban J connectivity index is 1.35. The molecule has 9 atom stereocenters. The molecule has 9 heteroatoms. The molecular weight excluding hydrogens is 483 g/mol. The maximum atomic E-state index is 13.6. The minimum Gasteiger partial charge on any atom is -0.381 e. The number of nitrogens with one attached hydrogen (secondary N) is 2. The van der Waals surface area contributed by atoms with E-state index in [0.29, 0.717) is 31.3 Å². The largest absolute Gasteiger partial charge is 0.391 e. The Labute approximate surface area is 219 Å². The Bertz CT molecular complexity index is 835. The Morgan fingerprint density at radius 1 is 1.16 bits per heavy atom. The second-order valence-corrected chi connectivity index (χ2v) is 12.0. The second kappa shape index (κ2) is 12.1. The van der Waals surface area contributed by atoms with Gasteiger partial charge in [-0.15, -0.1) is 0 Å². The summed E-state index contributed by atoms with van der Waals surface area (Å²) in [6.45, 7) is 3.64. The molecule has 4 rings (SSSR count). The van der Waals surface area contributed by atoms with Crippen molar-refractivity contribution in [2.75, 3.05) is 27.3 Å². The number of piperidine rings is 2. The molecule has 0 aromatic carbocycles. The van der Waals surface area contributed by atoms with Crippen LogP contribution < -0.4 is 10.6 Å². The van der Waals surface area contributed by atoms with Gasteiger partial charge in [-0.2, -0.15) is 13.2 Å². The molecule has 4 fully saturated rings. The number of fused-ring (bicyclic) bond motifs is 1. The van der Waals surface area contributed by atoms with Crippen molar-refractivity contribution in [3.63, 3.8) is 0 Å². The predicted octanol–water partition coefficient (Wildman–Crippen LogP) is 4.30. The highest BCUT2D eigenvalue weighted by molar-refractivity contribution is 5.81. The van der Waals surface area contributed by atoms with E-state index in [1.807, 2.05) is 18.0 Å². The van der Waals surface area contributed by atoms with E-state index < -0.39 is 18.0 Å². The molecule has 4 aliphatic rings. The van der Waals surface area contributed by atoms with Crippen LogP contribution in [0.5, 0.6) is 0 Å². The Morgan fingerprint density at radius 2 is 1.95 bits per heavy atom. The van der Waals surface area contributed by atoms with Gasteiger partial charge in [-0.05, 0) is 69.1 Å². The third-order valence-electron chi connectivity index (χ3n) is 9.66. The van der Waals surface area contributed by atoms with Crippen molar-refractivity contribution >= 4 is 11.8 Å². The average Bonchev–Trinajstić information content (AvgIpc) is 2.87. The third-order valence-corrected chi connectivity index (χ3v) is 9.66.